The summed E-state index contributed by atoms with van der Waals surface area (Å²) in [5, 5.41) is 3.28. The summed E-state index contributed by atoms with van der Waals surface area (Å²) in [5.74, 6) is 6.38. The van der Waals surface area contributed by atoms with Crippen LogP contribution < -0.4 is 11.3 Å². The largest absolute Gasteiger partial charge is 0.271 e. The van der Waals surface area contributed by atoms with Crippen LogP contribution in [0, 0.1) is 12.8 Å². The standard InChI is InChI=1S/C13H25N3S/c1-4-6-11(7-5-2)13(16-14)8-12-9-17-10(3)15-12/h9,11,13,16H,4-8,14H2,1-3H3. The van der Waals surface area contributed by atoms with Gasteiger partial charge in [-0.1, -0.05) is 26.7 Å². The van der Waals surface area contributed by atoms with Crippen LogP contribution in [-0.2, 0) is 6.42 Å². The molecule has 98 valence electrons. The summed E-state index contributed by atoms with van der Waals surface area (Å²) in [5.41, 5.74) is 4.17. The highest BCUT2D eigenvalue weighted by molar-refractivity contribution is 7.09. The molecule has 1 aromatic rings. The monoisotopic (exact) mass is 255 g/mol. The summed E-state index contributed by atoms with van der Waals surface area (Å²) < 4.78 is 0. The van der Waals surface area contributed by atoms with E-state index in [4.69, 9.17) is 5.84 Å². The van der Waals surface area contributed by atoms with Crippen molar-refractivity contribution in [1.82, 2.24) is 10.4 Å². The molecule has 3 nitrogen and oxygen atoms in total. The minimum Gasteiger partial charge on any atom is -0.271 e. The molecule has 0 bridgehead atoms. The second-order valence-electron chi connectivity index (χ2n) is 4.67. The quantitative estimate of drug-likeness (QED) is 0.554. The van der Waals surface area contributed by atoms with Gasteiger partial charge in [-0.25, -0.2) is 4.98 Å². The SMILES string of the molecule is CCCC(CCC)C(Cc1csc(C)n1)NN. The van der Waals surface area contributed by atoms with E-state index in [0.29, 0.717) is 12.0 Å². The van der Waals surface area contributed by atoms with Crippen LogP contribution >= 0.6 is 11.3 Å². The van der Waals surface area contributed by atoms with E-state index in [1.807, 2.05) is 0 Å². The maximum absolute atomic E-state index is 5.71. The number of hydrogen-bond acceptors (Lipinski definition) is 4. The Kier molecular flexibility index (Phi) is 6.70. The molecular weight excluding hydrogens is 230 g/mol. The Morgan fingerprint density at radius 3 is 2.41 bits per heavy atom. The fourth-order valence-electron chi connectivity index (χ4n) is 2.38. The lowest BCUT2D eigenvalue weighted by Crippen LogP contribution is -2.42. The number of nitrogens with one attached hydrogen (secondary N) is 1. The van der Waals surface area contributed by atoms with Crippen LogP contribution in [-0.4, -0.2) is 11.0 Å². The average Bonchev–Trinajstić information content (AvgIpc) is 2.72. The highest BCUT2D eigenvalue weighted by Crippen LogP contribution is 2.21. The van der Waals surface area contributed by atoms with E-state index in [1.165, 1.54) is 31.4 Å². The molecule has 0 fully saturated rings. The zero-order chi connectivity index (χ0) is 12.7. The second kappa shape index (κ2) is 7.80. The Morgan fingerprint density at radius 1 is 1.35 bits per heavy atom. The molecule has 1 atom stereocenters. The minimum atomic E-state index is 0.358. The van der Waals surface area contributed by atoms with Gasteiger partial charge in [-0.05, 0) is 25.7 Å². The lowest BCUT2D eigenvalue weighted by atomic mass is 9.88. The number of thiazole rings is 1. The number of nitrogens with zero attached hydrogens (tertiary/aromatic N) is 1. The minimum absolute atomic E-state index is 0.358. The van der Waals surface area contributed by atoms with Crippen molar-refractivity contribution in [1.29, 1.82) is 0 Å². The summed E-state index contributed by atoms with van der Waals surface area (Å²) in [4.78, 5) is 4.52. The number of aryl methyl sites for hydroxylation is 1. The zero-order valence-electron chi connectivity index (χ0n) is 11.2. The molecule has 0 saturated carbocycles. The predicted molar refractivity (Wildman–Crippen MR) is 75.0 cm³/mol. The maximum atomic E-state index is 5.71. The van der Waals surface area contributed by atoms with Crippen molar-refractivity contribution in [3.8, 4) is 0 Å². The van der Waals surface area contributed by atoms with Gasteiger partial charge in [0, 0.05) is 17.8 Å². The first kappa shape index (κ1) is 14.6. The summed E-state index contributed by atoms with van der Waals surface area (Å²) in [6.45, 7) is 6.53. The zero-order valence-corrected chi connectivity index (χ0v) is 12.0. The molecule has 0 radical (unpaired) electrons. The molecule has 1 heterocycles. The van der Waals surface area contributed by atoms with E-state index in [1.54, 1.807) is 11.3 Å². The molecule has 1 rings (SSSR count). The molecule has 4 heteroatoms. The third kappa shape index (κ3) is 4.74. The van der Waals surface area contributed by atoms with Crippen molar-refractivity contribution < 1.29 is 0 Å². The molecule has 0 saturated heterocycles. The van der Waals surface area contributed by atoms with Crippen LogP contribution in [0.3, 0.4) is 0 Å². The molecule has 17 heavy (non-hydrogen) atoms. The van der Waals surface area contributed by atoms with Crippen molar-refractivity contribution in [2.45, 2.75) is 58.9 Å². The van der Waals surface area contributed by atoms with Crippen molar-refractivity contribution in [2.24, 2.45) is 11.8 Å². The number of hydrogen-bond donors (Lipinski definition) is 2. The van der Waals surface area contributed by atoms with Gasteiger partial charge >= 0.3 is 0 Å². The van der Waals surface area contributed by atoms with Crippen molar-refractivity contribution in [2.75, 3.05) is 0 Å². The van der Waals surface area contributed by atoms with Crippen LogP contribution in [0.2, 0.25) is 0 Å². The number of hydrazine groups is 1. The molecule has 0 aliphatic heterocycles. The predicted octanol–water partition coefficient (Wildman–Crippen LogP) is 3.04. The highest BCUT2D eigenvalue weighted by atomic mass is 32.1. The van der Waals surface area contributed by atoms with E-state index in [0.717, 1.165) is 11.4 Å². The Hall–Kier alpha value is -0.450. The summed E-state index contributed by atoms with van der Waals surface area (Å²) in [6.07, 6.45) is 5.88. The fraction of sp³-hybridized carbons (Fsp3) is 0.769. The van der Waals surface area contributed by atoms with E-state index in [9.17, 15) is 0 Å². The summed E-state index contributed by atoms with van der Waals surface area (Å²) in [7, 11) is 0. The van der Waals surface area contributed by atoms with Crippen LogP contribution in [0.5, 0.6) is 0 Å². The van der Waals surface area contributed by atoms with Crippen molar-refractivity contribution in [3.63, 3.8) is 0 Å². The molecule has 0 aliphatic rings. The summed E-state index contributed by atoms with van der Waals surface area (Å²) in [6, 6.07) is 0.358. The molecule has 3 N–H and O–H groups in total. The van der Waals surface area contributed by atoms with Gasteiger partial charge < -0.3 is 0 Å². The van der Waals surface area contributed by atoms with E-state index in [2.05, 4.69) is 36.6 Å². The van der Waals surface area contributed by atoms with Gasteiger partial charge in [0.15, 0.2) is 0 Å². The average molecular weight is 255 g/mol. The van der Waals surface area contributed by atoms with Gasteiger partial charge in [-0.3, -0.25) is 11.3 Å². The molecule has 1 unspecified atom stereocenters. The Morgan fingerprint density at radius 2 is 2.00 bits per heavy atom. The first-order chi connectivity index (χ1) is 8.21. The maximum Gasteiger partial charge on any atom is 0.0897 e. The summed E-state index contributed by atoms with van der Waals surface area (Å²) >= 11 is 1.72. The Balaban J connectivity index is 2.61. The highest BCUT2D eigenvalue weighted by Gasteiger charge is 2.20. The number of nitrogens with two attached hydrogens (primary N) is 1. The third-order valence-corrected chi connectivity index (χ3v) is 4.02. The molecule has 0 spiro atoms. The van der Waals surface area contributed by atoms with Gasteiger partial charge in [0.05, 0.1) is 10.7 Å². The number of aromatic nitrogens is 1. The van der Waals surface area contributed by atoms with E-state index >= 15 is 0 Å². The van der Waals surface area contributed by atoms with Crippen LogP contribution in [0.4, 0.5) is 0 Å². The first-order valence-corrected chi connectivity index (χ1v) is 7.46. The molecule has 0 aromatic carbocycles. The van der Waals surface area contributed by atoms with Crippen molar-refractivity contribution in [3.05, 3.63) is 16.1 Å². The van der Waals surface area contributed by atoms with Gasteiger partial charge in [0.2, 0.25) is 0 Å². The smallest absolute Gasteiger partial charge is 0.0897 e. The van der Waals surface area contributed by atoms with Crippen LogP contribution in [0.15, 0.2) is 5.38 Å². The van der Waals surface area contributed by atoms with Gasteiger partial charge in [-0.2, -0.15) is 0 Å². The van der Waals surface area contributed by atoms with Gasteiger partial charge in [0.1, 0.15) is 0 Å². The second-order valence-corrected chi connectivity index (χ2v) is 5.73. The topological polar surface area (TPSA) is 50.9 Å². The lowest BCUT2D eigenvalue weighted by Gasteiger charge is -2.25. The first-order valence-electron chi connectivity index (χ1n) is 6.58. The Labute approximate surface area is 109 Å². The normalized spacial score (nSPS) is 13.2. The molecule has 0 amide bonds. The van der Waals surface area contributed by atoms with Crippen LogP contribution in [0.25, 0.3) is 0 Å². The van der Waals surface area contributed by atoms with Gasteiger partial charge in [-0.15, -0.1) is 11.3 Å². The van der Waals surface area contributed by atoms with E-state index in [-0.39, 0.29) is 0 Å². The third-order valence-electron chi connectivity index (χ3n) is 3.20. The van der Waals surface area contributed by atoms with E-state index < -0.39 is 0 Å². The molecular formula is C13H25N3S. The molecule has 0 aliphatic carbocycles. The Bertz CT molecular complexity index is 305. The molecule has 1 aromatic heterocycles. The van der Waals surface area contributed by atoms with Crippen LogP contribution in [0.1, 0.15) is 50.2 Å². The lowest BCUT2D eigenvalue weighted by molar-refractivity contribution is 0.310. The number of rotatable bonds is 8. The van der Waals surface area contributed by atoms with Crippen molar-refractivity contribution >= 4 is 11.3 Å². The van der Waals surface area contributed by atoms with Gasteiger partial charge in [0.25, 0.3) is 0 Å². The fourth-order valence-corrected chi connectivity index (χ4v) is 3.00.